The number of amides is 2. The SMILES string of the molecule is Cc1ccc(NC(=O)CN(C)C(=O)CN2CCCN(Cc3ccccc3)CC2)cc1. The van der Waals surface area contributed by atoms with Crippen molar-refractivity contribution < 1.29 is 9.59 Å². The number of hydrogen-bond acceptors (Lipinski definition) is 4. The summed E-state index contributed by atoms with van der Waals surface area (Å²) in [6, 6.07) is 18.1. The topological polar surface area (TPSA) is 55.9 Å². The normalized spacial score (nSPS) is 15.4. The highest BCUT2D eigenvalue weighted by Gasteiger charge is 2.20. The molecule has 0 saturated carbocycles. The Kier molecular flexibility index (Phi) is 7.99. The quantitative estimate of drug-likeness (QED) is 0.765. The largest absolute Gasteiger partial charge is 0.335 e. The second-order valence-electron chi connectivity index (χ2n) is 8.06. The van der Waals surface area contributed by atoms with Crippen molar-refractivity contribution in [2.24, 2.45) is 0 Å². The third kappa shape index (κ3) is 6.97. The second kappa shape index (κ2) is 10.9. The van der Waals surface area contributed by atoms with Gasteiger partial charge in [-0.15, -0.1) is 0 Å². The van der Waals surface area contributed by atoms with Gasteiger partial charge in [0.05, 0.1) is 13.1 Å². The lowest BCUT2D eigenvalue weighted by molar-refractivity contribution is -0.134. The lowest BCUT2D eigenvalue weighted by atomic mass is 10.2. The minimum atomic E-state index is -0.181. The van der Waals surface area contributed by atoms with Crippen LogP contribution in [0.5, 0.6) is 0 Å². The van der Waals surface area contributed by atoms with Gasteiger partial charge in [0, 0.05) is 32.4 Å². The number of nitrogens with one attached hydrogen (secondary N) is 1. The molecule has 0 bridgehead atoms. The molecule has 2 amide bonds. The van der Waals surface area contributed by atoms with Crippen molar-refractivity contribution in [3.8, 4) is 0 Å². The van der Waals surface area contributed by atoms with Crippen LogP contribution in [0.25, 0.3) is 0 Å². The van der Waals surface area contributed by atoms with E-state index in [0.29, 0.717) is 6.54 Å². The Labute approximate surface area is 179 Å². The molecular formula is C24H32N4O2. The molecule has 0 aliphatic carbocycles. The fourth-order valence-corrected chi connectivity index (χ4v) is 3.64. The van der Waals surface area contributed by atoms with E-state index < -0.39 is 0 Å². The third-order valence-electron chi connectivity index (χ3n) is 5.43. The van der Waals surface area contributed by atoms with Crippen molar-refractivity contribution in [3.63, 3.8) is 0 Å². The Hall–Kier alpha value is -2.70. The molecule has 0 unspecified atom stereocenters. The Bertz CT molecular complexity index is 823. The van der Waals surface area contributed by atoms with Gasteiger partial charge in [-0.1, -0.05) is 48.0 Å². The zero-order valence-electron chi connectivity index (χ0n) is 18.0. The fourth-order valence-electron chi connectivity index (χ4n) is 3.64. The van der Waals surface area contributed by atoms with E-state index in [1.54, 1.807) is 7.05 Å². The van der Waals surface area contributed by atoms with Gasteiger partial charge in [-0.2, -0.15) is 0 Å². The highest BCUT2D eigenvalue weighted by Crippen LogP contribution is 2.10. The molecule has 6 heteroatoms. The molecule has 0 aromatic heterocycles. The highest BCUT2D eigenvalue weighted by molar-refractivity contribution is 5.94. The molecule has 1 aliphatic heterocycles. The molecule has 160 valence electrons. The van der Waals surface area contributed by atoms with Gasteiger partial charge in [0.2, 0.25) is 11.8 Å². The van der Waals surface area contributed by atoms with Crippen molar-refractivity contribution >= 4 is 17.5 Å². The molecule has 3 rings (SSSR count). The van der Waals surface area contributed by atoms with Crippen LogP contribution in [0.4, 0.5) is 5.69 Å². The summed E-state index contributed by atoms with van der Waals surface area (Å²) in [6.07, 6.45) is 1.04. The molecule has 0 spiro atoms. The Morgan fingerprint density at radius 2 is 1.60 bits per heavy atom. The predicted molar refractivity (Wildman–Crippen MR) is 120 cm³/mol. The van der Waals surface area contributed by atoms with Crippen LogP contribution in [0.3, 0.4) is 0 Å². The second-order valence-corrected chi connectivity index (χ2v) is 8.06. The molecule has 1 N–H and O–H groups in total. The molecule has 6 nitrogen and oxygen atoms in total. The fraction of sp³-hybridized carbons (Fsp3) is 0.417. The van der Waals surface area contributed by atoms with Crippen LogP contribution in [-0.2, 0) is 16.1 Å². The van der Waals surface area contributed by atoms with Crippen molar-refractivity contribution in [1.29, 1.82) is 0 Å². The number of aryl methyl sites for hydroxylation is 1. The molecule has 1 aliphatic rings. The Morgan fingerprint density at radius 1 is 0.933 bits per heavy atom. The van der Waals surface area contributed by atoms with E-state index >= 15 is 0 Å². The Balaban J connectivity index is 1.42. The van der Waals surface area contributed by atoms with Crippen LogP contribution < -0.4 is 5.32 Å². The summed E-state index contributed by atoms with van der Waals surface area (Å²) in [5.74, 6) is -0.204. The first-order valence-corrected chi connectivity index (χ1v) is 10.6. The third-order valence-corrected chi connectivity index (χ3v) is 5.43. The van der Waals surface area contributed by atoms with Crippen LogP contribution >= 0.6 is 0 Å². The number of anilines is 1. The van der Waals surface area contributed by atoms with Crippen LogP contribution in [0.15, 0.2) is 54.6 Å². The molecular weight excluding hydrogens is 376 g/mol. The van der Waals surface area contributed by atoms with Gasteiger partial charge in [0.25, 0.3) is 0 Å². The van der Waals surface area contributed by atoms with Gasteiger partial charge >= 0.3 is 0 Å². The average molecular weight is 409 g/mol. The molecule has 1 fully saturated rings. The van der Waals surface area contributed by atoms with E-state index in [1.807, 2.05) is 37.3 Å². The standard InChI is InChI=1S/C24H32N4O2/c1-20-9-11-22(12-10-20)25-23(29)18-26(2)24(30)19-28-14-6-13-27(15-16-28)17-21-7-4-3-5-8-21/h3-5,7-12H,6,13-19H2,1-2H3,(H,25,29). The minimum Gasteiger partial charge on any atom is -0.335 e. The van der Waals surface area contributed by atoms with Crippen molar-refractivity contribution in [3.05, 3.63) is 65.7 Å². The number of nitrogens with zero attached hydrogens (tertiary/aromatic N) is 3. The van der Waals surface area contributed by atoms with Gasteiger partial charge in [-0.25, -0.2) is 0 Å². The van der Waals surface area contributed by atoms with E-state index in [9.17, 15) is 9.59 Å². The van der Waals surface area contributed by atoms with E-state index in [1.165, 1.54) is 10.5 Å². The summed E-state index contributed by atoms with van der Waals surface area (Å²) in [7, 11) is 1.69. The van der Waals surface area contributed by atoms with Crippen LogP contribution in [0, 0.1) is 6.92 Å². The number of carbonyl (C=O) groups is 2. The molecule has 2 aromatic rings. The summed E-state index contributed by atoms with van der Waals surface area (Å²) < 4.78 is 0. The molecule has 1 saturated heterocycles. The van der Waals surface area contributed by atoms with E-state index in [-0.39, 0.29) is 18.4 Å². The van der Waals surface area contributed by atoms with Crippen LogP contribution in [-0.4, -0.2) is 72.8 Å². The maximum absolute atomic E-state index is 12.6. The van der Waals surface area contributed by atoms with Crippen molar-refractivity contribution in [2.75, 3.05) is 51.6 Å². The highest BCUT2D eigenvalue weighted by atomic mass is 16.2. The van der Waals surface area contributed by atoms with Gasteiger partial charge < -0.3 is 10.2 Å². The molecule has 0 atom stereocenters. The average Bonchev–Trinajstić information content (AvgIpc) is 2.95. The zero-order valence-corrected chi connectivity index (χ0v) is 18.0. The lowest BCUT2D eigenvalue weighted by Gasteiger charge is -2.24. The maximum Gasteiger partial charge on any atom is 0.243 e. The first-order chi connectivity index (χ1) is 14.5. The van der Waals surface area contributed by atoms with Gasteiger partial charge in [-0.3, -0.25) is 19.4 Å². The number of benzene rings is 2. The number of carbonyl (C=O) groups excluding carboxylic acids is 2. The summed E-state index contributed by atoms with van der Waals surface area (Å²) >= 11 is 0. The number of rotatable bonds is 7. The first kappa shape index (κ1) is 22.0. The van der Waals surface area contributed by atoms with Gasteiger partial charge in [0.15, 0.2) is 0 Å². The monoisotopic (exact) mass is 408 g/mol. The molecule has 2 aromatic carbocycles. The maximum atomic E-state index is 12.6. The van der Waals surface area contributed by atoms with Crippen molar-refractivity contribution in [2.45, 2.75) is 19.9 Å². The molecule has 1 heterocycles. The first-order valence-electron chi connectivity index (χ1n) is 10.6. The lowest BCUT2D eigenvalue weighted by Crippen LogP contribution is -2.42. The minimum absolute atomic E-state index is 0.0226. The predicted octanol–water partition coefficient (Wildman–Crippen LogP) is 2.60. The van der Waals surface area contributed by atoms with E-state index in [4.69, 9.17) is 0 Å². The van der Waals surface area contributed by atoms with Crippen LogP contribution in [0.2, 0.25) is 0 Å². The Morgan fingerprint density at radius 3 is 2.33 bits per heavy atom. The van der Waals surface area contributed by atoms with E-state index in [2.05, 4.69) is 39.4 Å². The van der Waals surface area contributed by atoms with Crippen molar-refractivity contribution in [1.82, 2.24) is 14.7 Å². The summed E-state index contributed by atoms with van der Waals surface area (Å²) in [5, 5.41) is 2.84. The summed E-state index contributed by atoms with van der Waals surface area (Å²) in [4.78, 5) is 31.0. The molecule has 0 radical (unpaired) electrons. The molecule has 30 heavy (non-hydrogen) atoms. The number of hydrogen-bond donors (Lipinski definition) is 1. The smallest absolute Gasteiger partial charge is 0.243 e. The summed E-state index contributed by atoms with van der Waals surface area (Å²) in [5.41, 5.74) is 3.21. The van der Waals surface area contributed by atoms with Gasteiger partial charge in [0.1, 0.15) is 0 Å². The van der Waals surface area contributed by atoms with Crippen LogP contribution in [0.1, 0.15) is 17.5 Å². The zero-order chi connectivity index (χ0) is 21.3. The van der Waals surface area contributed by atoms with Gasteiger partial charge in [-0.05, 0) is 44.1 Å². The number of likely N-dealkylation sites (N-methyl/N-ethyl adjacent to an activating group) is 1. The summed E-state index contributed by atoms with van der Waals surface area (Å²) in [6.45, 7) is 7.11. The van der Waals surface area contributed by atoms with E-state index in [0.717, 1.165) is 50.4 Å².